The molecule has 4 aromatic rings. The number of fused-ring (bicyclic) bond motifs is 1. The number of anilines is 1. The number of hydrogen-bond acceptors (Lipinski definition) is 5. The number of aromatic hydroxyl groups is 1. The Bertz CT molecular complexity index is 1080. The van der Waals surface area contributed by atoms with Crippen LogP contribution in [0.1, 0.15) is 12.5 Å². The third kappa shape index (κ3) is 3.62. The molecular weight excluding hydrogens is 352 g/mol. The first-order valence-corrected chi connectivity index (χ1v) is 9.32. The molecule has 0 spiro atoms. The average Bonchev–Trinajstić information content (AvgIpc) is 3.09. The third-order valence-corrected chi connectivity index (χ3v) is 4.51. The summed E-state index contributed by atoms with van der Waals surface area (Å²) in [6.45, 7) is 3.14. The Kier molecular flexibility index (Phi) is 5.10. The van der Waals surface area contributed by atoms with E-state index in [1.807, 2.05) is 47.9 Å². The number of benzene rings is 2. The fraction of sp³-hybridized carbons (Fsp3) is 0.182. The molecule has 0 radical (unpaired) electrons. The van der Waals surface area contributed by atoms with Crippen LogP contribution in [-0.2, 0) is 6.42 Å². The summed E-state index contributed by atoms with van der Waals surface area (Å²) < 4.78 is 7.52. The molecule has 0 aliphatic rings. The maximum atomic E-state index is 10.0. The molecule has 0 aliphatic heterocycles. The summed E-state index contributed by atoms with van der Waals surface area (Å²) in [5.41, 5.74) is 3.69. The summed E-state index contributed by atoms with van der Waals surface area (Å²) in [5.74, 6) is 1.46. The molecule has 0 aliphatic carbocycles. The van der Waals surface area contributed by atoms with Crippen LogP contribution in [0.3, 0.4) is 0 Å². The van der Waals surface area contributed by atoms with Crippen LogP contribution in [-0.4, -0.2) is 32.6 Å². The van der Waals surface area contributed by atoms with E-state index in [-0.39, 0.29) is 5.75 Å². The minimum absolute atomic E-state index is 0.120. The lowest BCUT2D eigenvalue weighted by molar-refractivity contribution is 0.318. The molecule has 6 nitrogen and oxygen atoms in total. The van der Waals surface area contributed by atoms with Gasteiger partial charge in [-0.05, 0) is 37.1 Å². The minimum atomic E-state index is 0.120. The lowest BCUT2D eigenvalue weighted by Gasteiger charge is -2.11. The van der Waals surface area contributed by atoms with Gasteiger partial charge >= 0.3 is 0 Å². The van der Waals surface area contributed by atoms with Gasteiger partial charge < -0.3 is 15.2 Å². The number of ether oxygens (including phenoxy) is 1. The van der Waals surface area contributed by atoms with Crippen LogP contribution < -0.4 is 10.1 Å². The van der Waals surface area contributed by atoms with Gasteiger partial charge in [0, 0.05) is 24.5 Å². The Morgan fingerprint density at radius 1 is 1.14 bits per heavy atom. The molecule has 0 fully saturated rings. The van der Waals surface area contributed by atoms with Crippen molar-refractivity contribution in [2.24, 2.45) is 0 Å². The molecular formula is C22H22N4O2. The van der Waals surface area contributed by atoms with Gasteiger partial charge in [0.05, 0.1) is 12.8 Å². The Morgan fingerprint density at radius 2 is 2.00 bits per heavy atom. The fourth-order valence-electron chi connectivity index (χ4n) is 3.18. The molecule has 0 bridgehead atoms. The number of aromatic nitrogens is 3. The second-order valence-corrected chi connectivity index (χ2v) is 6.39. The summed E-state index contributed by atoms with van der Waals surface area (Å²) in [6, 6.07) is 15.7. The first kappa shape index (κ1) is 17.9. The zero-order valence-electron chi connectivity index (χ0n) is 15.7. The van der Waals surface area contributed by atoms with Gasteiger partial charge in [0.1, 0.15) is 11.5 Å². The van der Waals surface area contributed by atoms with E-state index >= 15 is 0 Å². The van der Waals surface area contributed by atoms with E-state index in [2.05, 4.69) is 22.4 Å². The zero-order chi connectivity index (χ0) is 19.3. The molecule has 28 heavy (non-hydrogen) atoms. The number of rotatable bonds is 7. The summed E-state index contributed by atoms with van der Waals surface area (Å²) in [6.07, 6.45) is 6.26. The molecule has 6 heteroatoms. The van der Waals surface area contributed by atoms with Crippen LogP contribution in [0, 0.1) is 0 Å². The first-order chi connectivity index (χ1) is 13.8. The number of imidazole rings is 1. The van der Waals surface area contributed by atoms with Crippen LogP contribution >= 0.6 is 0 Å². The van der Waals surface area contributed by atoms with Gasteiger partial charge in [-0.15, -0.1) is 0 Å². The van der Waals surface area contributed by atoms with E-state index in [4.69, 9.17) is 9.72 Å². The molecule has 142 valence electrons. The van der Waals surface area contributed by atoms with Crippen molar-refractivity contribution in [3.8, 4) is 22.8 Å². The van der Waals surface area contributed by atoms with Gasteiger partial charge in [-0.1, -0.05) is 30.3 Å². The maximum absolute atomic E-state index is 10.0. The van der Waals surface area contributed by atoms with Crippen molar-refractivity contribution in [2.45, 2.75) is 13.3 Å². The number of hydrogen-bond donors (Lipinski definition) is 2. The van der Waals surface area contributed by atoms with Crippen molar-refractivity contribution < 1.29 is 9.84 Å². The van der Waals surface area contributed by atoms with E-state index in [1.54, 1.807) is 18.5 Å². The van der Waals surface area contributed by atoms with Gasteiger partial charge in [-0.3, -0.25) is 9.38 Å². The molecule has 0 unspecified atom stereocenters. The van der Waals surface area contributed by atoms with Crippen LogP contribution in [0.25, 0.3) is 16.9 Å². The molecule has 0 amide bonds. The highest BCUT2D eigenvalue weighted by Crippen LogP contribution is 2.35. The molecule has 0 saturated carbocycles. The standard InChI is InChI=1S/C22H22N4O2/c1-2-28-19-14-17(8-9-18(19)27)21-22(26-13-12-23-15-20(26)25-21)24-11-10-16-6-4-3-5-7-16/h3-9,12-15,24,27H,2,10-11H2,1H3. The summed E-state index contributed by atoms with van der Waals surface area (Å²) in [4.78, 5) is 8.91. The minimum Gasteiger partial charge on any atom is -0.504 e. The Morgan fingerprint density at radius 3 is 2.82 bits per heavy atom. The van der Waals surface area contributed by atoms with Crippen LogP contribution in [0.2, 0.25) is 0 Å². The molecule has 2 heterocycles. The van der Waals surface area contributed by atoms with Crippen LogP contribution in [0.15, 0.2) is 67.1 Å². The second-order valence-electron chi connectivity index (χ2n) is 6.39. The smallest absolute Gasteiger partial charge is 0.161 e. The van der Waals surface area contributed by atoms with Gasteiger partial charge in [-0.25, -0.2) is 4.98 Å². The van der Waals surface area contributed by atoms with E-state index in [0.717, 1.165) is 35.7 Å². The average molecular weight is 374 g/mol. The number of phenolic OH excluding ortho intramolecular Hbond substituents is 1. The Labute approximate surface area is 163 Å². The van der Waals surface area contributed by atoms with Gasteiger partial charge in [0.2, 0.25) is 0 Å². The van der Waals surface area contributed by atoms with Crippen molar-refractivity contribution >= 4 is 11.5 Å². The summed E-state index contributed by atoms with van der Waals surface area (Å²) in [5, 5.41) is 13.5. The van der Waals surface area contributed by atoms with Gasteiger partial charge in [-0.2, -0.15) is 0 Å². The Hall–Kier alpha value is -3.54. The fourth-order valence-corrected chi connectivity index (χ4v) is 3.18. The molecule has 2 N–H and O–H groups in total. The van der Waals surface area contributed by atoms with E-state index in [0.29, 0.717) is 12.4 Å². The largest absolute Gasteiger partial charge is 0.504 e. The van der Waals surface area contributed by atoms with Crippen molar-refractivity contribution in [1.29, 1.82) is 0 Å². The lowest BCUT2D eigenvalue weighted by atomic mass is 10.1. The van der Waals surface area contributed by atoms with Crippen LogP contribution in [0.4, 0.5) is 5.82 Å². The summed E-state index contributed by atoms with van der Waals surface area (Å²) in [7, 11) is 0. The molecule has 0 saturated heterocycles. The van der Waals surface area contributed by atoms with E-state index in [9.17, 15) is 5.11 Å². The molecule has 2 aromatic carbocycles. The normalized spacial score (nSPS) is 10.9. The topological polar surface area (TPSA) is 71.7 Å². The molecule has 0 atom stereocenters. The monoisotopic (exact) mass is 374 g/mol. The number of phenols is 1. The lowest BCUT2D eigenvalue weighted by Crippen LogP contribution is -2.07. The number of nitrogens with zero attached hydrogens (tertiary/aromatic N) is 3. The van der Waals surface area contributed by atoms with Crippen LogP contribution in [0.5, 0.6) is 11.5 Å². The first-order valence-electron chi connectivity index (χ1n) is 9.32. The third-order valence-electron chi connectivity index (χ3n) is 4.51. The van der Waals surface area contributed by atoms with Crippen molar-refractivity contribution in [3.05, 3.63) is 72.7 Å². The Balaban J connectivity index is 1.68. The van der Waals surface area contributed by atoms with Crippen molar-refractivity contribution in [3.63, 3.8) is 0 Å². The second kappa shape index (κ2) is 8.00. The predicted molar refractivity (Wildman–Crippen MR) is 110 cm³/mol. The molecule has 2 aromatic heterocycles. The summed E-state index contributed by atoms with van der Waals surface area (Å²) >= 11 is 0. The van der Waals surface area contributed by atoms with Crippen molar-refractivity contribution in [2.75, 3.05) is 18.5 Å². The van der Waals surface area contributed by atoms with Crippen molar-refractivity contribution in [1.82, 2.24) is 14.4 Å². The highest BCUT2D eigenvalue weighted by atomic mass is 16.5. The highest BCUT2D eigenvalue weighted by Gasteiger charge is 2.16. The van der Waals surface area contributed by atoms with E-state index in [1.165, 1.54) is 5.56 Å². The number of nitrogens with one attached hydrogen (secondary N) is 1. The van der Waals surface area contributed by atoms with E-state index < -0.39 is 0 Å². The quantitative estimate of drug-likeness (QED) is 0.508. The SMILES string of the molecule is CCOc1cc(-c2nc3cnccn3c2NCCc2ccccc2)ccc1O. The van der Waals surface area contributed by atoms with Gasteiger partial charge in [0.25, 0.3) is 0 Å². The van der Waals surface area contributed by atoms with Gasteiger partial charge in [0.15, 0.2) is 17.1 Å². The highest BCUT2D eigenvalue weighted by molar-refractivity contribution is 5.77. The maximum Gasteiger partial charge on any atom is 0.161 e. The molecule has 4 rings (SSSR count). The predicted octanol–water partition coefficient (Wildman–Crippen LogP) is 4.16. The zero-order valence-corrected chi connectivity index (χ0v) is 15.7.